The molecule has 276 valence electrons. The monoisotopic (exact) mass is 718 g/mol. The Kier molecular flexibility index (Phi) is 8.91. The number of ether oxygens (including phenoxy) is 2. The summed E-state index contributed by atoms with van der Waals surface area (Å²) < 4.78 is 14.5. The van der Waals surface area contributed by atoms with E-state index >= 15 is 0 Å². The third-order valence-corrected chi connectivity index (χ3v) is 13.7. The zero-order valence-electron chi connectivity index (χ0n) is 31.4. The summed E-state index contributed by atoms with van der Waals surface area (Å²) in [6.45, 7) is 9.15. The number of piperidine rings is 6. The molecule has 0 N–H and O–H groups in total. The van der Waals surface area contributed by atoms with Crippen molar-refractivity contribution in [2.24, 2.45) is 23.7 Å². The number of aromatic nitrogens is 4. The highest BCUT2D eigenvalue weighted by Gasteiger charge is 2.46. The van der Waals surface area contributed by atoms with Crippen LogP contribution in [0, 0.1) is 23.7 Å². The second kappa shape index (κ2) is 14.2. The molecular weight excluding hydrogens is 669 g/mol. The predicted molar refractivity (Wildman–Crippen MR) is 213 cm³/mol. The summed E-state index contributed by atoms with van der Waals surface area (Å²) in [5.74, 6) is 4.02. The molecule has 4 bridgehead atoms. The van der Waals surface area contributed by atoms with E-state index in [1.165, 1.54) is 25.7 Å². The maximum Gasteiger partial charge on any atom is 0.242 e. The van der Waals surface area contributed by atoms with Crippen molar-refractivity contribution < 1.29 is 9.47 Å². The van der Waals surface area contributed by atoms with E-state index < -0.39 is 0 Å². The number of hydrogen-bond donors (Lipinski definition) is 0. The van der Waals surface area contributed by atoms with E-state index in [1.54, 1.807) is 0 Å². The van der Waals surface area contributed by atoms with Crippen molar-refractivity contribution in [2.45, 2.75) is 76.7 Å². The highest BCUT2D eigenvalue weighted by molar-refractivity contribution is 5.91. The fourth-order valence-electron chi connectivity index (χ4n) is 10.8. The second-order valence-electron chi connectivity index (χ2n) is 16.3. The van der Waals surface area contributed by atoms with Crippen LogP contribution in [0.1, 0.15) is 75.7 Å². The largest absolute Gasteiger partial charge is 0.466 e. The summed E-state index contributed by atoms with van der Waals surface area (Å²) in [4.78, 5) is 14.8. The van der Waals surface area contributed by atoms with Crippen LogP contribution < -0.4 is 9.47 Å². The Morgan fingerprint density at radius 3 is 1.41 bits per heavy atom. The molecule has 0 saturated carbocycles. The van der Waals surface area contributed by atoms with Crippen LogP contribution in [0.25, 0.3) is 32.6 Å². The number of para-hydroxylation sites is 2. The molecule has 12 rings (SSSR count). The molecule has 54 heavy (non-hydrogen) atoms. The number of benzene rings is 3. The minimum absolute atomic E-state index is 0.226. The van der Waals surface area contributed by atoms with Gasteiger partial charge in [-0.1, -0.05) is 75.2 Å². The first-order valence-corrected chi connectivity index (χ1v) is 20.4. The van der Waals surface area contributed by atoms with Gasteiger partial charge in [0.25, 0.3) is 0 Å². The molecule has 10 atom stereocenters. The third kappa shape index (κ3) is 5.89. The number of rotatable bonds is 10. The van der Waals surface area contributed by atoms with Crippen molar-refractivity contribution in [3.8, 4) is 11.8 Å². The maximum absolute atomic E-state index is 7.25. The lowest BCUT2D eigenvalue weighted by Gasteiger charge is -2.52. The summed E-state index contributed by atoms with van der Waals surface area (Å²) in [6, 6.07) is 30.0. The van der Waals surface area contributed by atoms with Gasteiger partial charge < -0.3 is 9.47 Å². The Morgan fingerprint density at radius 1 is 0.574 bits per heavy atom. The molecule has 6 saturated heterocycles. The lowest BCUT2D eigenvalue weighted by atomic mass is 9.72. The summed E-state index contributed by atoms with van der Waals surface area (Å²) in [5, 5.41) is 13.9. The fourth-order valence-corrected chi connectivity index (χ4v) is 10.8. The molecule has 3 aromatic heterocycles. The van der Waals surface area contributed by atoms with Crippen LogP contribution in [0.15, 0.2) is 97.3 Å². The minimum atomic E-state index is -0.226. The van der Waals surface area contributed by atoms with Crippen LogP contribution in [0.2, 0.25) is 0 Å². The number of pyridine rings is 2. The van der Waals surface area contributed by atoms with Crippen molar-refractivity contribution in [1.29, 1.82) is 0 Å². The Balaban J connectivity index is 1.05. The van der Waals surface area contributed by atoms with E-state index in [0.717, 1.165) is 94.6 Å². The second-order valence-corrected chi connectivity index (χ2v) is 16.3. The van der Waals surface area contributed by atoms with Crippen LogP contribution in [-0.2, 0) is 0 Å². The molecule has 6 aliphatic heterocycles. The fraction of sp³-hybridized carbons (Fsp3) is 0.435. The van der Waals surface area contributed by atoms with Gasteiger partial charge in [0.1, 0.15) is 12.2 Å². The van der Waals surface area contributed by atoms with E-state index in [2.05, 4.69) is 109 Å². The molecule has 3 aromatic carbocycles. The van der Waals surface area contributed by atoms with Crippen LogP contribution in [-0.4, -0.2) is 68.2 Å². The standard InChI is InChI=1S/C46H50N6O2/c1-3-29-27-51-23-19-31(29)25-41(51)43(35-17-21-47-39-15-9-7-11-33(35)39)53-45-37-13-5-6-14-38(37)46(50-49-45)54-44(36-18-22-48-40-16-10-8-12-34(36)40)42-26-32-20-24-52(42)28-30(32)4-2/h5-18,21-22,29-32,41-44H,3-4,19-20,23-28H2,1-2H3/t29-,30-,31-,32-,41+,42+,43+,44+/m0/s1. The average Bonchev–Trinajstić information content (AvgIpc) is 3.25. The molecule has 8 heteroatoms. The molecule has 0 amide bonds. The molecule has 0 spiro atoms. The molecule has 6 fully saturated rings. The minimum Gasteiger partial charge on any atom is -0.466 e. The Labute approximate surface area is 317 Å². The smallest absolute Gasteiger partial charge is 0.242 e. The van der Waals surface area contributed by atoms with Crippen molar-refractivity contribution >= 4 is 32.6 Å². The van der Waals surface area contributed by atoms with E-state index in [4.69, 9.17) is 29.6 Å². The molecule has 6 aliphatic rings. The number of fused-ring (bicyclic) bond motifs is 9. The zero-order chi connectivity index (χ0) is 36.2. The summed E-state index contributed by atoms with van der Waals surface area (Å²) >= 11 is 0. The van der Waals surface area contributed by atoms with Gasteiger partial charge in [-0.2, -0.15) is 0 Å². The van der Waals surface area contributed by atoms with Crippen LogP contribution in [0.5, 0.6) is 11.8 Å². The number of nitrogens with zero attached hydrogens (tertiary/aromatic N) is 6. The van der Waals surface area contributed by atoms with E-state index in [-0.39, 0.29) is 24.3 Å². The first-order valence-electron chi connectivity index (χ1n) is 20.4. The predicted octanol–water partition coefficient (Wildman–Crippen LogP) is 9.21. The topological polar surface area (TPSA) is 76.5 Å². The van der Waals surface area contributed by atoms with E-state index in [1.807, 2.05) is 12.4 Å². The lowest BCUT2D eigenvalue weighted by Crippen LogP contribution is -2.56. The summed E-state index contributed by atoms with van der Waals surface area (Å²) in [5.41, 5.74) is 4.29. The van der Waals surface area contributed by atoms with Crippen molar-refractivity contribution in [2.75, 3.05) is 26.2 Å². The normalized spacial score (nSPS) is 28.7. The van der Waals surface area contributed by atoms with Gasteiger partial charge in [0.2, 0.25) is 11.8 Å². The highest BCUT2D eigenvalue weighted by Crippen LogP contribution is 2.47. The van der Waals surface area contributed by atoms with Gasteiger partial charge in [-0.25, -0.2) is 0 Å². The Bertz CT molecular complexity index is 2130. The van der Waals surface area contributed by atoms with Gasteiger partial charge in [0.15, 0.2) is 0 Å². The molecule has 8 nitrogen and oxygen atoms in total. The summed E-state index contributed by atoms with van der Waals surface area (Å²) in [6.07, 6.45) is 10.6. The molecule has 0 radical (unpaired) electrons. The van der Waals surface area contributed by atoms with Crippen molar-refractivity contribution in [3.05, 3.63) is 108 Å². The number of hydrogen-bond acceptors (Lipinski definition) is 8. The Hall–Kier alpha value is -4.66. The maximum atomic E-state index is 7.25. The summed E-state index contributed by atoms with van der Waals surface area (Å²) in [7, 11) is 0. The van der Waals surface area contributed by atoms with Gasteiger partial charge in [-0.15, -0.1) is 10.2 Å². The van der Waals surface area contributed by atoms with Gasteiger partial charge in [0, 0.05) is 47.4 Å². The van der Waals surface area contributed by atoms with Crippen LogP contribution in [0.4, 0.5) is 0 Å². The highest BCUT2D eigenvalue weighted by atomic mass is 16.5. The third-order valence-electron chi connectivity index (χ3n) is 13.7. The van der Waals surface area contributed by atoms with Gasteiger partial charge >= 0.3 is 0 Å². The van der Waals surface area contributed by atoms with Crippen LogP contribution >= 0.6 is 0 Å². The molecule has 9 heterocycles. The molecule has 6 aromatic rings. The SMILES string of the molecule is CC[C@H]1CN2CC[C@H]1C[C@@H]2[C@H](Oc1nnc(O[C@H](c2ccnc3ccccc23)[C@H]2C[C@@H]3CCN2C[C@@H]3CC)c2ccccc12)c1ccnc2ccccc12. The first-order chi connectivity index (χ1) is 26.7. The van der Waals surface area contributed by atoms with Crippen LogP contribution in [0.3, 0.4) is 0 Å². The van der Waals surface area contributed by atoms with Crippen molar-refractivity contribution in [1.82, 2.24) is 30.0 Å². The molecule has 0 aliphatic carbocycles. The lowest BCUT2D eigenvalue weighted by molar-refractivity contribution is -0.0505. The van der Waals surface area contributed by atoms with E-state index in [9.17, 15) is 0 Å². The molecule has 2 unspecified atom stereocenters. The van der Waals surface area contributed by atoms with E-state index in [0.29, 0.717) is 23.6 Å². The zero-order valence-corrected chi connectivity index (χ0v) is 31.4. The van der Waals surface area contributed by atoms with Gasteiger partial charge in [-0.05, 0) is 98.8 Å². The Morgan fingerprint density at radius 2 is 1.00 bits per heavy atom. The quantitative estimate of drug-likeness (QED) is 0.139. The molecular formula is C46H50N6O2. The first kappa shape index (κ1) is 33.9. The van der Waals surface area contributed by atoms with Crippen molar-refractivity contribution in [3.63, 3.8) is 0 Å². The van der Waals surface area contributed by atoms with Gasteiger partial charge in [-0.3, -0.25) is 19.8 Å². The van der Waals surface area contributed by atoms with Gasteiger partial charge in [0.05, 0.1) is 33.9 Å². The average molecular weight is 719 g/mol.